The van der Waals surface area contributed by atoms with E-state index in [1.165, 1.54) is 16.9 Å². The molecule has 24 heavy (non-hydrogen) atoms. The van der Waals surface area contributed by atoms with Crippen molar-refractivity contribution in [3.05, 3.63) is 46.8 Å². The van der Waals surface area contributed by atoms with Gasteiger partial charge in [-0.2, -0.15) is 0 Å². The Morgan fingerprint density at radius 2 is 1.88 bits per heavy atom. The first-order chi connectivity index (χ1) is 11.5. The summed E-state index contributed by atoms with van der Waals surface area (Å²) in [6, 6.07) is 8.22. The Labute approximate surface area is 143 Å². The van der Waals surface area contributed by atoms with Crippen molar-refractivity contribution in [2.24, 2.45) is 0 Å². The number of nitrogens with zero attached hydrogens (tertiary/aromatic N) is 3. The van der Waals surface area contributed by atoms with Gasteiger partial charge in [0.05, 0.1) is 5.69 Å². The number of hydrogen-bond acceptors (Lipinski definition) is 6. The fourth-order valence-corrected chi connectivity index (χ4v) is 3.11. The largest absolute Gasteiger partial charge is 0.361 e. The Balaban J connectivity index is 1.77. The monoisotopic (exact) mass is 342 g/mol. The quantitative estimate of drug-likeness (QED) is 0.769. The molecule has 2 heterocycles. The summed E-state index contributed by atoms with van der Waals surface area (Å²) in [7, 11) is 0. The van der Waals surface area contributed by atoms with Gasteiger partial charge in [-0.1, -0.05) is 54.6 Å². The van der Waals surface area contributed by atoms with E-state index < -0.39 is 0 Å². The van der Waals surface area contributed by atoms with Crippen molar-refractivity contribution < 1.29 is 9.32 Å². The van der Waals surface area contributed by atoms with Gasteiger partial charge in [-0.05, 0) is 25.3 Å². The van der Waals surface area contributed by atoms with Crippen LogP contribution in [0, 0.1) is 13.8 Å². The van der Waals surface area contributed by atoms with E-state index in [2.05, 4.69) is 46.7 Å². The average Bonchev–Trinajstić information content (AvgIpc) is 3.14. The van der Waals surface area contributed by atoms with Crippen molar-refractivity contribution >= 4 is 22.4 Å². The summed E-state index contributed by atoms with van der Waals surface area (Å²) in [6.07, 6.45) is 0. The molecule has 1 N–H and O–H groups in total. The molecule has 0 aliphatic rings. The molecule has 0 saturated carbocycles. The summed E-state index contributed by atoms with van der Waals surface area (Å²) in [6.45, 7) is 7.74. The normalized spacial score (nSPS) is 11.0. The summed E-state index contributed by atoms with van der Waals surface area (Å²) >= 11 is 1.33. The minimum absolute atomic E-state index is 0.288. The first-order valence-electron chi connectivity index (χ1n) is 7.63. The van der Waals surface area contributed by atoms with Crippen molar-refractivity contribution in [2.75, 3.05) is 5.32 Å². The lowest BCUT2D eigenvalue weighted by Crippen LogP contribution is -2.13. The molecular weight excluding hydrogens is 324 g/mol. The third kappa shape index (κ3) is 3.21. The molecule has 0 bridgehead atoms. The lowest BCUT2D eigenvalue weighted by molar-refractivity contribution is 0.102. The number of carbonyl (C=O) groups is 1. The highest BCUT2D eigenvalue weighted by atomic mass is 32.1. The second-order valence-corrected chi connectivity index (χ2v) is 6.82. The van der Waals surface area contributed by atoms with Gasteiger partial charge in [-0.3, -0.25) is 10.1 Å². The van der Waals surface area contributed by atoms with E-state index in [4.69, 9.17) is 4.52 Å². The fraction of sp³-hybridized carbons (Fsp3) is 0.294. The molecule has 7 heteroatoms. The lowest BCUT2D eigenvalue weighted by atomic mass is 10.0. The van der Waals surface area contributed by atoms with Gasteiger partial charge < -0.3 is 4.52 Å². The summed E-state index contributed by atoms with van der Waals surface area (Å²) in [5, 5.41) is 15.9. The van der Waals surface area contributed by atoms with Gasteiger partial charge in [0.1, 0.15) is 16.3 Å². The number of amides is 1. The second kappa shape index (κ2) is 6.52. The van der Waals surface area contributed by atoms with Crippen LogP contribution in [0.25, 0.3) is 10.6 Å². The smallest absolute Gasteiger partial charge is 0.263 e. The van der Waals surface area contributed by atoms with Crippen LogP contribution in [0.5, 0.6) is 0 Å². The molecule has 6 nitrogen and oxygen atoms in total. The molecule has 0 saturated heterocycles. The third-order valence-corrected chi connectivity index (χ3v) is 4.62. The van der Waals surface area contributed by atoms with Crippen LogP contribution in [-0.4, -0.2) is 21.3 Å². The number of nitrogens with one attached hydrogen (secondary N) is 1. The number of rotatable bonds is 4. The lowest BCUT2D eigenvalue weighted by Gasteiger charge is -2.04. The van der Waals surface area contributed by atoms with Crippen LogP contribution >= 0.6 is 11.3 Å². The summed E-state index contributed by atoms with van der Waals surface area (Å²) < 4.78 is 5.02. The zero-order valence-electron chi connectivity index (χ0n) is 14.0. The van der Waals surface area contributed by atoms with Gasteiger partial charge in [0.25, 0.3) is 5.91 Å². The van der Waals surface area contributed by atoms with Crippen molar-refractivity contribution in [2.45, 2.75) is 33.6 Å². The predicted molar refractivity (Wildman–Crippen MR) is 93.4 cm³/mol. The van der Waals surface area contributed by atoms with Crippen LogP contribution in [0.3, 0.4) is 0 Å². The minimum Gasteiger partial charge on any atom is -0.361 e. The van der Waals surface area contributed by atoms with E-state index >= 15 is 0 Å². The summed E-state index contributed by atoms with van der Waals surface area (Å²) in [5.41, 5.74) is 3.25. The average molecular weight is 342 g/mol. The van der Waals surface area contributed by atoms with Crippen LogP contribution in [0.2, 0.25) is 0 Å². The molecule has 3 rings (SSSR count). The predicted octanol–water partition coefficient (Wildman–Crippen LogP) is 4.19. The highest BCUT2D eigenvalue weighted by Crippen LogP contribution is 2.28. The van der Waals surface area contributed by atoms with Crippen LogP contribution in [0.15, 0.2) is 28.8 Å². The number of hydrogen-bond donors (Lipinski definition) is 1. The first kappa shape index (κ1) is 16.3. The molecular formula is C17H18N4O2S. The molecule has 1 amide bonds. The summed E-state index contributed by atoms with van der Waals surface area (Å²) in [5.74, 6) is 0.682. The SMILES string of the molecule is Cc1noc(C)c1C(=O)Nc1nnc(-c2ccc(C(C)C)cc2)s1. The molecule has 1 aromatic carbocycles. The molecule has 3 aromatic rings. The van der Waals surface area contributed by atoms with Crippen LogP contribution < -0.4 is 5.32 Å². The Morgan fingerprint density at radius 1 is 1.17 bits per heavy atom. The van der Waals surface area contributed by atoms with Gasteiger partial charge in [0.15, 0.2) is 0 Å². The maximum atomic E-state index is 12.3. The third-order valence-electron chi connectivity index (χ3n) is 3.73. The van der Waals surface area contributed by atoms with E-state index in [1.807, 2.05) is 12.1 Å². The Morgan fingerprint density at radius 3 is 2.46 bits per heavy atom. The number of benzene rings is 1. The molecule has 0 spiro atoms. The molecule has 0 atom stereocenters. The van der Waals surface area contributed by atoms with Gasteiger partial charge >= 0.3 is 0 Å². The highest BCUT2D eigenvalue weighted by molar-refractivity contribution is 7.18. The number of aryl methyl sites for hydroxylation is 2. The summed E-state index contributed by atoms with van der Waals surface area (Å²) in [4.78, 5) is 12.3. The minimum atomic E-state index is -0.288. The molecule has 124 valence electrons. The molecule has 0 fully saturated rings. The number of carbonyl (C=O) groups excluding carboxylic acids is 1. The van der Waals surface area contributed by atoms with Gasteiger partial charge in [-0.25, -0.2) is 0 Å². The van der Waals surface area contributed by atoms with Crippen molar-refractivity contribution in [3.63, 3.8) is 0 Å². The maximum absolute atomic E-state index is 12.3. The Bertz CT molecular complexity index is 846. The van der Waals surface area contributed by atoms with Crippen LogP contribution in [-0.2, 0) is 0 Å². The topological polar surface area (TPSA) is 80.9 Å². The molecule has 2 aromatic heterocycles. The van der Waals surface area contributed by atoms with E-state index in [0.29, 0.717) is 28.1 Å². The van der Waals surface area contributed by atoms with Gasteiger partial charge in [0.2, 0.25) is 5.13 Å². The van der Waals surface area contributed by atoms with Gasteiger partial charge in [-0.15, -0.1) is 10.2 Å². The maximum Gasteiger partial charge on any atom is 0.263 e. The van der Waals surface area contributed by atoms with Crippen molar-refractivity contribution in [3.8, 4) is 10.6 Å². The molecule has 0 unspecified atom stereocenters. The number of aromatic nitrogens is 3. The van der Waals surface area contributed by atoms with E-state index in [1.54, 1.807) is 13.8 Å². The zero-order valence-corrected chi connectivity index (χ0v) is 14.8. The van der Waals surface area contributed by atoms with E-state index in [-0.39, 0.29) is 5.91 Å². The second-order valence-electron chi connectivity index (χ2n) is 5.84. The zero-order chi connectivity index (χ0) is 17.3. The van der Waals surface area contributed by atoms with E-state index in [0.717, 1.165) is 10.6 Å². The molecule has 0 radical (unpaired) electrons. The van der Waals surface area contributed by atoms with Crippen molar-refractivity contribution in [1.82, 2.24) is 15.4 Å². The van der Waals surface area contributed by atoms with Crippen LogP contribution in [0.4, 0.5) is 5.13 Å². The van der Waals surface area contributed by atoms with Crippen LogP contribution in [0.1, 0.15) is 47.1 Å². The standard InChI is InChI=1S/C17H18N4O2S/c1-9(2)12-5-7-13(8-6-12)16-19-20-17(24-16)18-15(22)14-10(3)21-23-11(14)4/h5-9H,1-4H3,(H,18,20,22). The Hall–Kier alpha value is -2.54. The number of anilines is 1. The molecule has 0 aliphatic carbocycles. The first-order valence-corrected chi connectivity index (χ1v) is 8.45. The van der Waals surface area contributed by atoms with Gasteiger partial charge in [0, 0.05) is 5.56 Å². The van der Waals surface area contributed by atoms with Crippen molar-refractivity contribution in [1.29, 1.82) is 0 Å². The fourth-order valence-electron chi connectivity index (χ4n) is 2.37. The Kier molecular flexibility index (Phi) is 4.44. The van der Waals surface area contributed by atoms with E-state index in [9.17, 15) is 4.79 Å². The highest BCUT2D eigenvalue weighted by Gasteiger charge is 2.19. The molecule has 0 aliphatic heterocycles.